The Balaban J connectivity index is 1.93. The molecular weight excluding hydrogens is 342 g/mol. The standard InChI is InChI=1S/C21H23N3O3/c1-26-18-10-8-14(12-19(18)27-2)21-23-16-11-13(20(22)25)7-9-17(16)24(21)15-5-3-4-6-15/h7-12,15H,3-6H2,1-2H3,(H2,22,25). The van der Waals surface area contributed by atoms with E-state index in [1.54, 1.807) is 26.4 Å². The molecule has 1 fully saturated rings. The summed E-state index contributed by atoms with van der Waals surface area (Å²) >= 11 is 0. The number of hydrogen-bond acceptors (Lipinski definition) is 4. The number of nitrogens with zero attached hydrogens (tertiary/aromatic N) is 2. The van der Waals surface area contributed by atoms with E-state index >= 15 is 0 Å². The van der Waals surface area contributed by atoms with Crippen LogP contribution in [0, 0.1) is 0 Å². The number of ether oxygens (including phenoxy) is 2. The van der Waals surface area contributed by atoms with Gasteiger partial charge in [0, 0.05) is 17.2 Å². The molecule has 0 unspecified atom stereocenters. The number of primary amides is 1. The van der Waals surface area contributed by atoms with E-state index in [0.29, 0.717) is 23.1 Å². The zero-order chi connectivity index (χ0) is 19.0. The summed E-state index contributed by atoms with van der Waals surface area (Å²) in [7, 11) is 3.25. The average Bonchev–Trinajstić information content (AvgIpc) is 3.33. The highest BCUT2D eigenvalue weighted by Gasteiger charge is 2.24. The lowest BCUT2D eigenvalue weighted by molar-refractivity contribution is 0.100. The van der Waals surface area contributed by atoms with Gasteiger partial charge >= 0.3 is 0 Å². The van der Waals surface area contributed by atoms with Gasteiger partial charge in [0.25, 0.3) is 0 Å². The van der Waals surface area contributed by atoms with Crippen molar-refractivity contribution in [2.75, 3.05) is 14.2 Å². The maximum absolute atomic E-state index is 11.6. The van der Waals surface area contributed by atoms with Gasteiger partial charge in [-0.1, -0.05) is 12.8 Å². The summed E-state index contributed by atoms with van der Waals surface area (Å²) in [6, 6.07) is 11.7. The topological polar surface area (TPSA) is 79.4 Å². The molecule has 0 saturated heterocycles. The van der Waals surface area contributed by atoms with E-state index in [0.717, 1.165) is 35.3 Å². The fourth-order valence-electron chi connectivity index (χ4n) is 3.96. The summed E-state index contributed by atoms with van der Waals surface area (Å²) in [5.74, 6) is 1.78. The smallest absolute Gasteiger partial charge is 0.248 e. The van der Waals surface area contributed by atoms with Crippen LogP contribution in [0.1, 0.15) is 42.1 Å². The maximum Gasteiger partial charge on any atom is 0.248 e. The zero-order valence-electron chi connectivity index (χ0n) is 15.6. The molecule has 0 atom stereocenters. The van der Waals surface area contributed by atoms with Crippen LogP contribution in [0.2, 0.25) is 0 Å². The van der Waals surface area contributed by atoms with Gasteiger partial charge in [-0.05, 0) is 49.2 Å². The second-order valence-corrected chi connectivity index (χ2v) is 6.88. The number of fused-ring (bicyclic) bond motifs is 1. The van der Waals surface area contributed by atoms with Crippen LogP contribution in [0.5, 0.6) is 11.5 Å². The highest BCUT2D eigenvalue weighted by Crippen LogP contribution is 2.39. The van der Waals surface area contributed by atoms with Crippen molar-refractivity contribution in [3.8, 4) is 22.9 Å². The lowest BCUT2D eigenvalue weighted by Crippen LogP contribution is -2.10. The maximum atomic E-state index is 11.6. The Labute approximate surface area is 157 Å². The molecule has 0 bridgehead atoms. The zero-order valence-corrected chi connectivity index (χ0v) is 15.6. The number of aromatic nitrogens is 2. The fraction of sp³-hybridized carbons (Fsp3) is 0.333. The van der Waals surface area contributed by atoms with E-state index in [-0.39, 0.29) is 0 Å². The minimum atomic E-state index is -0.444. The molecule has 2 aromatic carbocycles. The summed E-state index contributed by atoms with van der Waals surface area (Å²) in [6.45, 7) is 0. The van der Waals surface area contributed by atoms with Gasteiger partial charge in [-0.2, -0.15) is 0 Å². The quantitative estimate of drug-likeness (QED) is 0.743. The number of methoxy groups -OCH3 is 2. The van der Waals surface area contributed by atoms with E-state index in [1.165, 1.54) is 12.8 Å². The Hall–Kier alpha value is -3.02. The van der Waals surface area contributed by atoms with Crippen molar-refractivity contribution in [2.24, 2.45) is 5.73 Å². The number of nitrogens with two attached hydrogens (primary N) is 1. The summed E-state index contributed by atoms with van der Waals surface area (Å²) < 4.78 is 13.1. The number of carbonyl (C=O) groups excluding carboxylic acids is 1. The lowest BCUT2D eigenvalue weighted by atomic mass is 10.1. The second-order valence-electron chi connectivity index (χ2n) is 6.88. The third-order valence-electron chi connectivity index (χ3n) is 5.31. The molecule has 1 amide bonds. The Morgan fingerprint density at radius 1 is 1.07 bits per heavy atom. The van der Waals surface area contributed by atoms with Gasteiger partial charge in [-0.3, -0.25) is 4.79 Å². The van der Waals surface area contributed by atoms with Crippen molar-refractivity contribution in [3.63, 3.8) is 0 Å². The molecule has 1 aliphatic rings. The third-order valence-corrected chi connectivity index (χ3v) is 5.31. The van der Waals surface area contributed by atoms with Gasteiger partial charge < -0.3 is 19.8 Å². The van der Waals surface area contributed by atoms with E-state index < -0.39 is 5.91 Å². The third kappa shape index (κ3) is 3.01. The first-order valence-corrected chi connectivity index (χ1v) is 9.16. The normalized spacial score (nSPS) is 14.6. The number of imidazole rings is 1. The van der Waals surface area contributed by atoms with Crippen molar-refractivity contribution >= 4 is 16.9 Å². The predicted octanol–water partition coefficient (Wildman–Crippen LogP) is 3.93. The van der Waals surface area contributed by atoms with Crippen LogP contribution in [-0.2, 0) is 0 Å². The van der Waals surface area contributed by atoms with Crippen molar-refractivity contribution in [2.45, 2.75) is 31.7 Å². The summed E-state index contributed by atoms with van der Waals surface area (Å²) in [6.07, 6.45) is 4.69. The number of benzene rings is 2. The Morgan fingerprint density at radius 3 is 2.48 bits per heavy atom. The minimum Gasteiger partial charge on any atom is -0.493 e. The van der Waals surface area contributed by atoms with E-state index in [1.807, 2.05) is 24.3 Å². The molecule has 0 aliphatic heterocycles. The first-order chi connectivity index (χ1) is 13.1. The predicted molar refractivity (Wildman–Crippen MR) is 104 cm³/mol. The highest BCUT2D eigenvalue weighted by molar-refractivity contribution is 5.96. The van der Waals surface area contributed by atoms with Crippen LogP contribution in [0.15, 0.2) is 36.4 Å². The largest absolute Gasteiger partial charge is 0.493 e. The number of carbonyl (C=O) groups is 1. The monoisotopic (exact) mass is 365 g/mol. The molecule has 1 saturated carbocycles. The van der Waals surface area contributed by atoms with Gasteiger partial charge in [0.2, 0.25) is 5.91 Å². The first-order valence-electron chi connectivity index (χ1n) is 9.16. The molecule has 140 valence electrons. The van der Waals surface area contributed by atoms with Crippen molar-refractivity contribution in [1.82, 2.24) is 9.55 Å². The number of rotatable bonds is 5. The van der Waals surface area contributed by atoms with E-state index in [9.17, 15) is 4.79 Å². The molecule has 1 heterocycles. The summed E-state index contributed by atoms with van der Waals surface area (Å²) in [5.41, 5.74) is 8.68. The van der Waals surface area contributed by atoms with E-state index in [4.69, 9.17) is 20.2 Å². The second kappa shape index (κ2) is 6.95. The van der Waals surface area contributed by atoms with Gasteiger partial charge in [0.15, 0.2) is 11.5 Å². The van der Waals surface area contributed by atoms with Crippen molar-refractivity contribution < 1.29 is 14.3 Å². The molecule has 6 heteroatoms. The molecule has 0 radical (unpaired) electrons. The molecule has 4 rings (SSSR count). The molecule has 2 N–H and O–H groups in total. The Morgan fingerprint density at radius 2 is 1.81 bits per heavy atom. The average molecular weight is 365 g/mol. The summed E-state index contributed by atoms with van der Waals surface area (Å²) in [5, 5.41) is 0. The lowest BCUT2D eigenvalue weighted by Gasteiger charge is -2.17. The van der Waals surface area contributed by atoms with Crippen molar-refractivity contribution in [3.05, 3.63) is 42.0 Å². The van der Waals surface area contributed by atoms with Crippen LogP contribution in [0.25, 0.3) is 22.4 Å². The summed E-state index contributed by atoms with van der Waals surface area (Å²) in [4.78, 5) is 16.4. The SMILES string of the molecule is COc1ccc(-c2nc3cc(C(N)=O)ccc3n2C2CCCC2)cc1OC. The fourth-order valence-corrected chi connectivity index (χ4v) is 3.96. The molecular formula is C21H23N3O3. The minimum absolute atomic E-state index is 0.400. The number of amides is 1. The molecule has 27 heavy (non-hydrogen) atoms. The highest BCUT2D eigenvalue weighted by atomic mass is 16.5. The van der Waals surface area contributed by atoms with Gasteiger partial charge in [-0.25, -0.2) is 4.98 Å². The van der Waals surface area contributed by atoms with Gasteiger partial charge in [-0.15, -0.1) is 0 Å². The molecule has 6 nitrogen and oxygen atoms in total. The van der Waals surface area contributed by atoms with Crippen molar-refractivity contribution in [1.29, 1.82) is 0 Å². The van der Waals surface area contributed by atoms with Crippen LogP contribution in [0.3, 0.4) is 0 Å². The first kappa shape index (κ1) is 17.4. The number of hydrogen-bond donors (Lipinski definition) is 1. The molecule has 1 aliphatic carbocycles. The molecule has 3 aromatic rings. The van der Waals surface area contributed by atoms with Gasteiger partial charge in [0.1, 0.15) is 5.82 Å². The van der Waals surface area contributed by atoms with Gasteiger partial charge in [0.05, 0.1) is 25.3 Å². The molecule has 1 aromatic heterocycles. The van der Waals surface area contributed by atoms with Crippen LogP contribution in [-0.4, -0.2) is 29.7 Å². The Kier molecular flexibility index (Phi) is 4.48. The molecule has 0 spiro atoms. The van der Waals surface area contributed by atoms with Crippen LogP contribution < -0.4 is 15.2 Å². The Bertz CT molecular complexity index is 1000. The van der Waals surface area contributed by atoms with Crippen LogP contribution >= 0.6 is 0 Å². The van der Waals surface area contributed by atoms with Crippen LogP contribution in [0.4, 0.5) is 0 Å². The van der Waals surface area contributed by atoms with E-state index in [2.05, 4.69) is 4.57 Å².